The standard InChI is InChI=1S/C24H24N2O4S/c1-15-18(11-12-19(25-15)21-6-5-13-31-21)22(28)30-14-20(27)16-7-9-17(10-8-16)26-23(29)24(2,3)4/h5-13H,14H2,1-4H3,(H,26,29). The number of thiophene rings is 1. The summed E-state index contributed by atoms with van der Waals surface area (Å²) < 4.78 is 5.20. The number of anilines is 1. The SMILES string of the molecule is Cc1nc(-c2cccs2)ccc1C(=O)OCC(=O)c1ccc(NC(=O)C(C)(C)C)cc1. The number of hydrogen-bond acceptors (Lipinski definition) is 6. The molecule has 0 aliphatic heterocycles. The molecular formula is C24H24N2O4S. The number of benzene rings is 1. The van der Waals surface area contributed by atoms with E-state index in [9.17, 15) is 14.4 Å². The molecule has 1 amide bonds. The maximum absolute atomic E-state index is 12.4. The van der Waals surface area contributed by atoms with E-state index >= 15 is 0 Å². The molecule has 0 saturated heterocycles. The molecule has 0 radical (unpaired) electrons. The smallest absolute Gasteiger partial charge is 0.340 e. The van der Waals surface area contributed by atoms with Crippen LogP contribution in [0.25, 0.3) is 10.6 Å². The number of ether oxygens (including phenoxy) is 1. The van der Waals surface area contributed by atoms with E-state index in [-0.39, 0.29) is 18.3 Å². The molecule has 1 N–H and O–H groups in total. The van der Waals surface area contributed by atoms with Gasteiger partial charge in [0.25, 0.3) is 0 Å². The van der Waals surface area contributed by atoms with E-state index in [0.717, 1.165) is 10.6 Å². The zero-order chi connectivity index (χ0) is 22.6. The summed E-state index contributed by atoms with van der Waals surface area (Å²) in [5.41, 5.74) is 2.14. The van der Waals surface area contributed by atoms with Gasteiger partial charge in [-0.3, -0.25) is 14.6 Å². The third-order valence-corrected chi connectivity index (χ3v) is 5.45. The van der Waals surface area contributed by atoms with Crippen molar-refractivity contribution in [2.45, 2.75) is 27.7 Å². The molecule has 0 fully saturated rings. The van der Waals surface area contributed by atoms with Gasteiger partial charge in [-0.25, -0.2) is 4.79 Å². The average Bonchev–Trinajstić information content (AvgIpc) is 3.26. The molecule has 0 atom stereocenters. The van der Waals surface area contributed by atoms with Gasteiger partial charge in [-0.1, -0.05) is 26.8 Å². The monoisotopic (exact) mass is 436 g/mol. The minimum atomic E-state index is -0.592. The molecule has 7 heteroatoms. The van der Waals surface area contributed by atoms with Crippen LogP contribution in [0.4, 0.5) is 5.69 Å². The number of carbonyl (C=O) groups excluding carboxylic acids is 3. The van der Waals surface area contributed by atoms with Crippen molar-refractivity contribution in [3.05, 3.63) is 70.7 Å². The van der Waals surface area contributed by atoms with Crippen LogP contribution < -0.4 is 5.32 Å². The third kappa shape index (κ3) is 5.64. The Labute approximate surface area is 185 Å². The fourth-order valence-electron chi connectivity index (χ4n) is 2.69. The minimum Gasteiger partial charge on any atom is -0.454 e. The first-order chi connectivity index (χ1) is 14.6. The second-order valence-electron chi connectivity index (χ2n) is 8.09. The van der Waals surface area contributed by atoms with E-state index < -0.39 is 11.4 Å². The number of carbonyl (C=O) groups is 3. The van der Waals surface area contributed by atoms with Crippen molar-refractivity contribution < 1.29 is 19.1 Å². The van der Waals surface area contributed by atoms with Crippen molar-refractivity contribution in [2.24, 2.45) is 5.41 Å². The number of esters is 1. The molecular weight excluding hydrogens is 412 g/mol. The summed E-state index contributed by atoms with van der Waals surface area (Å²) in [5, 5.41) is 4.76. The Morgan fingerprint density at radius 2 is 1.74 bits per heavy atom. The van der Waals surface area contributed by atoms with Crippen molar-refractivity contribution in [1.82, 2.24) is 4.98 Å². The highest BCUT2D eigenvalue weighted by molar-refractivity contribution is 7.13. The van der Waals surface area contributed by atoms with E-state index in [1.54, 1.807) is 54.7 Å². The van der Waals surface area contributed by atoms with Crippen molar-refractivity contribution in [3.63, 3.8) is 0 Å². The van der Waals surface area contributed by atoms with Crippen LogP contribution in [0.5, 0.6) is 0 Å². The lowest BCUT2D eigenvalue weighted by molar-refractivity contribution is -0.123. The molecule has 31 heavy (non-hydrogen) atoms. The Morgan fingerprint density at radius 3 is 2.32 bits per heavy atom. The summed E-state index contributed by atoms with van der Waals surface area (Å²) in [4.78, 5) is 42.3. The van der Waals surface area contributed by atoms with E-state index in [2.05, 4.69) is 10.3 Å². The Kier molecular flexibility index (Phi) is 6.65. The molecule has 0 unspecified atom stereocenters. The average molecular weight is 437 g/mol. The first-order valence-corrected chi connectivity index (χ1v) is 10.7. The maximum Gasteiger partial charge on any atom is 0.340 e. The van der Waals surface area contributed by atoms with Crippen LogP contribution in [0, 0.1) is 12.3 Å². The summed E-state index contributed by atoms with van der Waals surface area (Å²) >= 11 is 1.57. The lowest BCUT2D eigenvalue weighted by Crippen LogP contribution is -2.27. The van der Waals surface area contributed by atoms with Gasteiger partial charge in [0.1, 0.15) is 0 Å². The first-order valence-electron chi connectivity index (χ1n) is 9.78. The van der Waals surface area contributed by atoms with Crippen molar-refractivity contribution in [1.29, 1.82) is 0 Å². The molecule has 160 valence electrons. The number of rotatable bonds is 6. The highest BCUT2D eigenvalue weighted by atomic mass is 32.1. The van der Waals surface area contributed by atoms with Gasteiger partial charge in [0, 0.05) is 16.7 Å². The van der Waals surface area contributed by atoms with Gasteiger partial charge < -0.3 is 10.1 Å². The van der Waals surface area contributed by atoms with Gasteiger partial charge in [0.15, 0.2) is 12.4 Å². The molecule has 0 bridgehead atoms. The molecule has 0 aliphatic rings. The van der Waals surface area contributed by atoms with E-state index in [1.165, 1.54) is 0 Å². The molecule has 6 nitrogen and oxygen atoms in total. The number of hydrogen-bond donors (Lipinski definition) is 1. The molecule has 0 aliphatic carbocycles. The second kappa shape index (κ2) is 9.22. The predicted molar refractivity (Wildman–Crippen MR) is 121 cm³/mol. The maximum atomic E-state index is 12.4. The number of pyridine rings is 1. The Bertz CT molecular complexity index is 1100. The van der Waals surface area contributed by atoms with Gasteiger partial charge in [-0.2, -0.15) is 0 Å². The van der Waals surface area contributed by atoms with Crippen LogP contribution in [0.15, 0.2) is 53.9 Å². The number of aromatic nitrogens is 1. The van der Waals surface area contributed by atoms with Crippen molar-refractivity contribution in [2.75, 3.05) is 11.9 Å². The zero-order valence-corrected chi connectivity index (χ0v) is 18.7. The van der Waals surface area contributed by atoms with Crippen LogP contribution in [-0.2, 0) is 9.53 Å². The van der Waals surface area contributed by atoms with Gasteiger partial charge in [-0.15, -0.1) is 11.3 Å². The number of Topliss-reactive ketones (excluding diaryl/α,β-unsaturated/α-hetero) is 1. The fraction of sp³-hybridized carbons (Fsp3) is 0.250. The molecule has 3 rings (SSSR count). The predicted octanol–water partition coefficient (Wildman–Crippen LogP) is 5.14. The van der Waals surface area contributed by atoms with Crippen molar-refractivity contribution >= 4 is 34.7 Å². The number of ketones is 1. The number of nitrogens with one attached hydrogen (secondary N) is 1. The normalized spacial score (nSPS) is 11.1. The largest absolute Gasteiger partial charge is 0.454 e. The summed E-state index contributed by atoms with van der Waals surface area (Å²) in [6.45, 7) is 6.82. The van der Waals surface area contributed by atoms with E-state index in [1.807, 2.05) is 38.3 Å². The number of amides is 1. The first kappa shape index (κ1) is 22.4. The lowest BCUT2D eigenvalue weighted by Gasteiger charge is -2.17. The number of nitrogens with zero attached hydrogens (tertiary/aromatic N) is 1. The van der Waals surface area contributed by atoms with Gasteiger partial charge in [0.05, 0.1) is 21.8 Å². The molecule has 2 heterocycles. The summed E-state index contributed by atoms with van der Waals surface area (Å²) in [6.07, 6.45) is 0. The van der Waals surface area contributed by atoms with Crippen LogP contribution in [0.1, 0.15) is 47.2 Å². The summed E-state index contributed by atoms with van der Waals surface area (Å²) in [5.74, 6) is -1.04. The number of aryl methyl sites for hydroxylation is 1. The molecule has 3 aromatic rings. The van der Waals surface area contributed by atoms with Gasteiger partial charge in [-0.05, 0) is 54.8 Å². The Hall–Kier alpha value is -3.32. The van der Waals surface area contributed by atoms with Crippen LogP contribution in [0.2, 0.25) is 0 Å². The van der Waals surface area contributed by atoms with Crippen LogP contribution >= 0.6 is 11.3 Å². The zero-order valence-electron chi connectivity index (χ0n) is 17.9. The minimum absolute atomic E-state index is 0.116. The lowest BCUT2D eigenvalue weighted by atomic mass is 9.95. The Balaban J connectivity index is 1.59. The van der Waals surface area contributed by atoms with Crippen LogP contribution in [-0.4, -0.2) is 29.3 Å². The highest BCUT2D eigenvalue weighted by Crippen LogP contribution is 2.24. The van der Waals surface area contributed by atoms with E-state index in [4.69, 9.17) is 4.74 Å². The second-order valence-corrected chi connectivity index (χ2v) is 9.04. The van der Waals surface area contributed by atoms with Gasteiger partial charge in [0.2, 0.25) is 5.91 Å². The molecule has 0 spiro atoms. The van der Waals surface area contributed by atoms with Crippen LogP contribution in [0.3, 0.4) is 0 Å². The van der Waals surface area contributed by atoms with Crippen molar-refractivity contribution in [3.8, 4) is 10.6 Å². The third-order valence-electron chi connectivity index (χ3n) is 4.56. The molecule has 1 aromatic carbocycles. The summed E-state index contributed by atoms with van der Waals surface area (Å²) in [6, 6.07) is 13.8. The fourth-order valence-corrected chi connectivity index (χ4v) is 3.38. The summed E-state index contributed by atoms with van der Waals surface area (Å²) in [7, 11) is 0. The highest BCUT2D eigenvalue weighted by Gasteiger charge is 2.21. The topological polar surface area (TPSA) is 85.4 Å². The molecule has 2 aromatic heterocycles. The van der Waals surface area contributed by atoms with Gasteiger partial charge >= 0.3 is 5.97 Å². The molecule has 0 saturated carbocycles. The quantitative estimate of drug-likeness (QED) is 0.427. The Morgan fingerprint density at radius 1 is 1.03 bits per heavy atom. The van der Waals surface area contributed by atoms with E-state index in [0.29, 0.717) is 22.5 Å².